The molecule has 0 bridgehead atoms. The second-order valence-corrected chi connectivity index (χ2v) is 9.26. The molecule has 3 aliphatic rings. The Bertz CT molecular complexity index is 717. The smallest absolute Gasteiger partial charge is 0.226 e. The van der Waals surface area contributed by atoms with Gasteiger partial charge in [0.2, 0.25) is 5.91 Å². The zero-order chi connectivity index (χ0) is 18.5. The van der Waals surface area contributed by atoms with E-state index in [0.717, 1.165) is 48.6 Å². The van der Waals surface area contributed by atoms with Crippen molar-refractivity contribution in [2.45, 2.75) is 91.1 Å². The van der Waals surface area contributed by atoms with Crippen molar-refractivity contribution in [3.63, 3.8) is 0 Å². The van der Waals surface area contributed by atoms with Crippen LogP contribution in [-0.2, 0) is 4.79 Å². The van der Waals surface area contributed by atoms with E-state index in [0.29, 0.717) is 17.5 Å². The van der Waals surface area contributed by atoms with E-state index in [9.17, 15) is 4.79 Å². The van der Waals surface area contributed by atoms with Gasteiger partial charge in [0.05, 0.1) is 0 Å². The molecule has 142 valence electrons. The van der Waals surface area contributed by atoms with Gasteiger partial charge < -0.3 is 10.6 Å². The molecular weight excluding hydrogens is 324 g/mol. The molecule has 5 heteroatoms. The monoisotopic (exact) mass is 356 g/mol. The van der Waals surface area contributed by atoms with Gasteiger partial charge in [-0.05, 0) is 71.1 Å². The normalized spacial score (nSPS) is 32.0. The first-order valence-corrected chi connectivity index (χ1v) is 10.2. The first kappa shape index (κ1) is 17.7. The van der Waals surface area contributed by atoms with Gasteiger partial charge in [-0.1, -0.05) is 13.3 Å². The predicted octanol–water partition coefficient (Wildman–Crippen LogP) is 3.82. The molecule has 3 saturated carbocycles. The lowest BCUT2D eigenvalue weighted by atomic mass is 9.69. The fourth-order valence-electron chi connectivity index (χ4n) is 4.81. The quantitative estimate of drug-likeness (QED) is 0.860. The van der Waals surface area contributed by atoms with E-state index in [4.69, 9.17) is 0 Å². The summed E-state index contributed by atoms with van der Waals surface area (Å²) in [6.45, 7) is 8.22. The molecule has 26 heavy (non-hydrogen) atoms. The van der Waals surface area contributed by atoms with E-state index in [-0.39, 0.29) is 11.3 Å². The summed E-state index contributed by atoms with van der Waals surface area (Å²) < 4.78 is 0. The molecule has 2 N–H and O–H groups in total. The maximum absolute atomic E-state index is 12.5. The van der Waals surface area contributed by atoms with Gasteiger partial charge in [0.1, 0.15) is 11.6 Å². The van der Waals surface area contributed by atoms with Crippen LogP contribution in [0.2, 0.25) is 0 Å². The Labute approximate surface area is 156 Å². The number of anilines is 1. The minimum Gasteiger partial charge on any atom is -0.366 e. The number of carbonyl (C=O) groups is 1. The maximum Gasteiger partial charge on any atom is 0.226 e. The number of nitrogens with zero attached hydrogens (tertiary/aromatic N) is 2. The molecule has 1 aromatic heterocycles. The van der Waals surface area contributed by atoms with E-state index < -0.39 is 0 Å². The summed E-state index contributed by atoms with van der Waals surface area (Å²) in [7, 11) is 0. The second kappa shape index (κ2) is 6.21. The topological polar surface area (TPSA) is 66.9 Å². The first-order chi connectivity index (χ1) is 12.3. The molecule has 4 rings (SSSR count). The van der Waals surface area contributed by atoms with Gasteiger partial charge >= 0.3 is 0 Å². The van der Waals surface area contributed by atoms with Gasteiger partial charge in [-0.3, -0.25) is 4.79 Å². The zero-order valence-electron chi connectivity index (χ0n) is 16.6. The van der Waals surface area contributed by atoms with Crippen molar-refractivity contribution in [2.75, 3.05) is 5.32 Å². The summed E-state index contributed by atoms with van der Waals surface area (Å²) in [5.41, 5.74) is 2.55. The van der Waals surface area contributed by atoms with Crippen LogP contribution in [0.4, 0.5) is 5.82 Å². The Balaban J connectivity index is 1.31. The van der Waals surface area contributed by atoms with Crippen molar-refractivity contribution in [3.05, 3.63) is 17.1 Å². The van der Waals surface area contributed by atoms with Crippen LogP contribution >= 0.6 is 0 Å². The van der Waals surface area contributed by atoms with Gasteiger partial charge in [-0.2, -0.15) is 0 Å². The molecule has 3 fully saturated rings. The Morgan fingerprint density at radius 1 is 1.08 bits per heavy atom. The highest BCUT2D eigenvalue weighted by Crippen LogP contribution is 2.57. The molecule has 0 aromatic carbocycles. The van der Waals surface area contributed by atoms with E-state index >= 15 is 0 Å². The standard InChI is InChI=1S/C21H32N4O/c1-13-14(2)22-15(3)23-18(13)25-17-12-21(17)10-6-16(7-11-21)24-19(26)20(4)8-5-9-20/h16-17H,5-12H2,1-4H3,(H,24,26)(H,22,23,25). The minimum atomic E-state index is -0.0843. The van der Waals surface area contributed by atoms with Crippen LogP contribution in [0, 0.1) is 31.6 Å². The second-order valence-electron chi connectivity index (χ2n) is 9.26. The Morgan fingerprint density at radius 3 is 2.38 bits per heavy atom. The number of aromatic nitrogens is 2. The SMILES string of the molecule is Cc1nc(C)c(C)c(NC2CC23CCC(NC(=O)C2(C)CCC2)CC3)n1. The molecule has 1 aromatic rings. The van der Waals surface area contributed by atoms with Crippen molar-refractivity contribution < 1.29 is 4.79 Å². The molecule has 5 nitrogen and oxygen atoms in total. The van der Waals surface area contributed by atoms with E-state index in [1.165, 1.54) is 25.7 Å². The number of hydrogen-bond donors (Lipinski definition) is 2. The van der Waals surface area contributed by atoms with Crippen molar-refractivity contribution >= 4 is 11.7 Å². The van der Waals surface area contributed by atoms with Crippen LogP contribution in [0.5, 0.6) is 0 Å². The lowest BCUT2D eigenvalue weighted by Gasteiger charge is -2.39. The fraction of sp³-hybridized carbons (Fsp3) is 0.762. The largest absolute Gasteiger partial charge is 0.366 e. The summed E-state index contributed by atoms with van der Waals surface area (Å²) in [5, 5.41) is 7.02. The van der Waals surface area contributed by atoms with Crippen molar-refractivity contribution in [2.24, 2.45) is 10.8 Å². The van der Waals surface area contributed by atoms with E-state index in [1.54, 1.807) is 0 Å². The minimum absolute atomic E-state index is 0.0843. The van der Waals surface area contributed by atoms with Crippen molar-refractivity contribution in [1.82, 2.24) is 15.3 Å². The van der Waals surface area contributed by atoms with Gasteiger partial charge in [0, 0.05) is 28.8 Å². The van der Waals surface area contributed by atoms with E-state index in [1.807, 2.05) is 13.8 Å². The van der Waals surface area contributed by atoms with E-state index in [2.05, 4.69) is 34.4 Å². The predicted molar refractivity (Wildman–Crippen MR) is 103 cm³/mol. The molecule has 1 amide bonds. The summed E-state index contributed by atoms with van der Waals surface area (Å²) in [5.74, 6) is 2.13. The molecule has 0 radical (unpaired) electrons. The summed E-state index contributed by atoms with van der Waals surface area (Å²) in [6, 6.07) is 0.896. The van der Waals surface area contributed by atoms with Gasteiger partial charge in [0.15, 0.2) is 0 Å². The summed E-state index contributed by atoms with van der Waals surface area (Å²) in [4.78, 5) is 21.5. The number of rotatable bonds is 4. The van der Waals surface area contributed by atoms with Crippen LogP contribution in [0.1, 0.15) is 75.4 Å². The average Bonchev–Trinajstić information content (AvgIpc) is 3.23. The van der Waals surface area contributed by atoms with Gasteiger partial charge in [-0.25, -0.2) is 9.97 Å². The van der Waals surface area contributed by atoms with Crippen LogP contribution in [0.3, 0.4) is 0 Å². The number of aryl methyl sites for hydroxylation is 2. The number of nitrogens with one attached hydrogen (secondary N) is 2. The summed E-state index contributed by atoms with van der Waals surface area (Å²) >= 11 is 0. The highest BCUT2D eigenvalue weighted by atomic mass is 16.2. The number of carbonyl (C=O) groups excluding carboxylic acids is 1. The van der Waals surface area contributed by atoms with Crippen molar-refractivity contribution in [1.29, 1.82) is 0 Å². The third-order valence-corrected chi connectivity index (χ3v) is 7.32. The Morgan fingerprint density at radius 2 is 1.77 bits per heavy atom. The van der Waals surface area contributed by atoms with Crippen LogP contribution in [0.15, 0.2) is 0 Å². The fourth-order valence-corrected chi connectivity index (χ4v) is 4.81. The lowest BCUT2D eigenvalue weighted by molar-refractivity contribution is -0.135. The molecule has 3 aliphatic carbocycles. The number of amides is 1. The Kier molecular flexibility index (Phi) is 4.24. The molecule has 1 atom stereocenters. The maximum atomic E-state index is 12.5. The average molecular weight is 357 g/mol. The molecule has 0 aliphatic heterocycles. The van der Waals surface area contributed by atoms with Crippen molar-refractivity contribution in [3.8, 4) is 0 Å². The third-order valence-electron chi connectivity index (χ3n) is 7.32. The third kappa shape index (κ3) is 3.10. The van der Waals surface area contributed by atoms with Gasteiger partial charge in [0.25, 0.3) is 0 Å². The molecule has 1 spiro atoms. The Hall–Kier alpha value is -1.65. The first-order valence-electron chi connectivity index (χ1n) is 10.2. The number of hydrogen-bond acceptors (Lipinski definition) is 4. The molecule has 1 heterocycles. The molecule has 0 saturated heterocycles. The van der Waals surface area contributed by atoms with Crippen LogP contribution < -0.4 is 10.6 Å². The molecular formula is C21H32N4O. The lowest BCUT2D eigenvalue weighted by Crippen LogP contribution is -2.48. The molecule has 1 unspecified atom stereocenters. The highest BCUT2D eigenvalue weighted by Gasteiger charge is 2.55. The van der Waals surface area contributed by atoms with Gasteiger partial charge in [-0.15, -0.1) is 0 Å². The highest BCUT2D eigenvalue weighted by molar-refractivity contribution is 5.83. The van der Waals surface area contributed by atoms with Crippen LogP contribution in [-0.4, -0.2) is 28.0 Å². The summed E-state index contributed by atoms with van der Waals surface area (Å²) in [6.07, 6.45) is 9.17. The van der Waals surface area contributed by atoms with Crippen LogP contribution in [0.25, 0.3) is 0 Å². The zero-order valence-corrected chi connectivity index (χ0v) is 16.6.